The third kappa shape index (κ3) is 4.19. The summed E-state index contributed by atoms with van der Waals surface area (Å²) in [5.41, 5.74) is -0.164. The zero-order valence-electron chi connectivity index (χ0n) is 18.3. The highest BCUT2D eigenvalue weighted by atomic mass is 19.1. The van der Waals surface area contributed by atoms with Gasteiger partial charge in [0.25, 0.3) is 0 Å². The summed E-state index contributed by atoms with van der Waals surface area (Å²) in [4.78, 5) is 19.0. The molecular weight excluding hydrogens is 434 g/mol. The number of aryl methyl sites for hydroxylation is 2. The summed E-state index contributed by atoms with van der Waals surface area (Å²) in [6.45, 7) is 2.66. The van der Waals surface area contributed by atoms with E-state index in [9.17, 15) is 18.7 Å². The van der Waals surface area contributed by atoms with Gasteiger partial charge >= 0.3 is 0 Å². The van der Waals surface area contributed by atoms with Gasteiger partial charge in [-0.25, -0.2) is 13.8 Å². The number of hydrogen-bond acceptors (Lipinski definition) is 7. The first-order chi connectivity index (χ1) is 15.7. The van der Waals surface area contributed by atoms with Crippen LogP contribution in [-0.2, 0) is 19.1 Å². The zero-order chi connectivity index (χ0) is 23.8. The Kier molecular flexibility index (Phi) is 5.90. The molecule has 0 aliphatic heterocycles. The number of fused-ring (bicyclic) bond motifs is 1. The molecule has 0 fully saturated rings. The van der Waals surface area contributed by atoms with E-state index in [1.807, 2.05) is 0 Å². The van der Waals surface area contributed by atoms with Crippen molar-refractivity contribution in [1.82, 2.24) is 29.6 Å². The van der Waals surface area contributed by atoms with Crippen LogP contribution in [0.15, 0.2) is 36.5 Å². The number of aliphatic hydroxyl groups is 1. The SMILES string of the molecule is Cc1nc2c(OCc3c(F)cccc3F)cccn2c1C(=O)C[C@@](C)(CO)c1nnn(C)n1. The maximum Gasteiger partial charge on any atom is 0.183 e. The number of halogens is 2. The number of benzene rings is 1. The van der Waals surface area contributed by atoms with E-state index < -0.39 is 17.0 Å². The molecule has 1 atom stereocenters. The second kappa shape index (κ2) is 8.66. The number of rotatable bonds is 8. The molecule has 4 rings (SSSR count). The van der Waals surface area contributed by atoms with Gasteiger partial charge in [0.2, 0.25) is 0 Å². The Morgan fingerprint density at radius 3 is 2.58 bits per heavy atom. The Morgan fingerprint density at radius 1 is 1.21 bits per heavy atom. The van der Waals surface area contributed by atoms with Crippen LogP contribution < -0.4 is 4.74 Å². The molecule has 0 unspecified atom stereocenters. The minimum absolute atomic E-state index is 0.0879. The number of imidazole rings is 1. The molecule has 0 saturated carbocycles. The summed E-state index contributed by atoms with van der Waals surface area (Å²) >= 11 is 0. The first kappa shape index (κ1) is 22.5. The molecule has 4 aromatic rings. The number of ether oxygens (including phenoxy) is 1. The number of tetrazole rings is 1. The van der Waals surface area contributed by atoms with E-state index in [-0.39, 0.29) is 42.6 Å². The molecule has 0 saturated heterocycles. The van der Waals surface area contributed by atoms with Crippen molar-refractivity contribution in [3.05, 3.63) is 70.9 Å². The van der Waals surface area contributed by atoms with Gasteiger partial charge in [0.05, 0.1) is 30.3 Å². The van der Waals surface area contributed by atoms with Gasteiger partial charge in [-0.2, -0.15) is 4.80 Å². The summed E-state index contributed by atoms with van der Waals surface area (Å²) in [6.07, 6.45) is 1.56. The van der Waals surface area contributed by atoms with Gasteiger partial charge in [-0.3, -0.25) is 9.20 Å². The molecule has 11 heteroatoms. The molecule has 0 radical (unpaired) electrons. The Hall–Kier alpha value is -3.73. The number of aromatic nitrogens is 6. The molecule has 0 aliphatic rings. The molecule has 33 heavy (non-hydrogen) atoms. The van der Waals surface area contributed by atoms with Crippen LogP contribution in [0.2, 0.25) is 0 Å². The number of ketones is 1. The standard InChI is InChI=1S/C22H22F2N6O3/c1-13-19(17(32)10-22(2,12-31)21-26-28-29(3)27-21)30-9-5-8-18(20(30)25-13)33-11-14-15(23)6-4-7-16(14)24/h4-9,31H,10-12H2,1-3H3/t22-/m0/s1. The van der Waals surface area contributed by atoms with Crippen LogP contribution >= 0.6 is 0 Å². The van der Waals surface area contributed by atoms with Gasteiger partial charge < -0.3 is 9.84 Å². The molecule has 0 aliphatic carbocycles. The molecule has 3 heterocycles. The van der Waals surface area contributed by atoms with Crippen molar-refractivity contribution in [3.8, 4) is 5.75 Å². The first-order valence-corrected chi connectivity index (χ1v) is 10.2. The Morgan fingerprint density at radius 2 is 1.94 bits per heavy atom. The molecule has 9 nitrogen and oxygen atoms in total. The Labute approximate surface area is 187 Å². The van der Waals surface area contributed by atoms with Crippen molar-refractivity contribution < 1.29 is 23.4 Å². The normalized spacial score (nSPS) is 13.3. The Balaban J connectivity index is 1.64. The smallest absolute Gasteiger partial charge is 0.183 e. The third-order valence-electron chi connectivity index (χ3n) is 5.43. The number of carbonyl (C=O) groups excluding carboxylic acids is 1. The highest BCUT2D eigenvalue weighted by Crippen LogP contribution is 2.29. The first-order valence-electron chi connectivity index (χ1n) is 10.2. The van der Waals surface area contributed by atoms with Gasteiger partial charge in [-0.05, 0) is 43.3 Å². The average molecular weight is 456 g/mol. The lowest BCUT2D eigenvalue weighted by molar-refractivity contribution is 0.0906. The van der Waals surface area contributed by atoms with E-state index in [4.69, 9.17) is 4.74 Å². The second-order valence-electron chi connectivity index (χ2n) is 8.02. The molecular formula is C22H22F2N6O3. The van der Waals surface area contributed by atoms with E-state index in [0.717, 1.165) is 12.1 Å². The molecule has 0 spiro atoms. The number of hydrogen-bond donors (Lipinski definition) is 1. The minimum Gasteiger partial charge on any atom is -0.485 e. The monoisotopic (exact) mass is 456 g/mol. The predicted molar refractivity (Wildman–Crippen MR) is 113 cm³/mol. The predicted octanol–water partition coefficient (Wildman–Crippen LogP) is 2.55. The van der Waals surface area contributed by atoms with E-state index in [2.05, 4.69) is 20.4 Å². The zero-order valence-corrected chi connectivity index (χ0v) is 18.3. The lowest BCUT2D eigenvalue weighted by Gasteiger charge is -2.22. The molecule has 3 aromatic heterocycles. The van der Waals surface area contributed by atoms with Gasteiger partial charge in [0.15, 0.2) is 23.0 Å². The number of carbonyl (C=O) groups is 1. The topological polar surface area (TPSA) is 107 Å². The van der Waals surface area contributed by atoms with Gasteiger partial charge in [-0.15, -0.1) is 10.2 Å². The molecule has 0 amide bonds. The summed E-state index contributed by atoms with van der Waals surface area (Å²) in [6, 6.07) is 6.84. The number of nitrogens with zero attached hydrogens (tertiary/aromatic N) is 6. The van der Waals surface area contributed by atoms with Crippen molar-refractivity contribution in [2.24, 2.45) is 7.05 Å². The molecule has 1 N–H and O–H groups in total. The van der Waals surface area contributed by atoms with Gasteiger partial charge in [0, 0.05) is 12.6 Å². The fourth-order valence-corrected chi connectivity index (χ4v) is 3.59. The van der Waals surface area contributed by atoms with E-state index in [1.165, 1.54) is 10.9 Å². The van der Waals surface area contributed by atoms with Crippen LogP contribution in [0.1, 0.15) is 40.9 Å². The van der Waals surface area contributed by atoms with Crippen LogP contribution in [0.5, 0.6) is 5.75 Å². The molecule has 172 valence electrons. The highest BCUT2D eigenvalue weighted by molar-refractivity contribution is 5.97. The number of pyridine rings is 1. The van der Waals surface area contributed by atoms with Crippen LogP contribution in [-0.4, -0.2) is 47.1 Å². The van der Waals surface area contributed by atoms with Crippen molar-refractivity contribution >= 4 is 11.4 Å². The van der Waals surface area contributed by atoms with Crippen LogP contribution in [0.4, 0.5) is 8.78 Å². The maximum absolute atomic E-state index is 14.0. The Bertz CT molecular complexity index is 1310. The summed E-state index contributed by atoms with van der Waals surface area (Å²) in [7, 11) is 1.60. The summed E-state index contributed by atoms with van der Waals surface area (Å²) < 4.78 is 35.1. The summed E-state index contributed by atoms with van der Waals surface area (Å²) in [5, 5.41) is 21.8. The lowest BCUT2D eigenvalue weighted by Crippen LogP contribution is -2.32. The van der Waals surface area contributed by atoms with Crippen molar-refractivity contribution in [2.45, 2.75) is 32.3 Å². The largest absolute Gasteiger partial charge is 0.485 e. The third-order valence-corrected chi connectivity index (χ3v) is 5.43. The van der Waals surface area contributed by atoms with Crippen LogP contribution in [0, 0.1) is 18.6 Å². The van der Waals surface area contributed by atoms with E-state index in [1.54, 1.807) is 43.6 Å². The fourth-order valence-electron chi connectivity index (χ4n) is 3.59. The van der Waals surface area contributed by atoms with Crippen LogP contribution in [0.25, 0.3) is 5.65 Å². The number of aliphatic hydroxyl groups excluding tert-OH is 1. The quantitative estimate of drug-likeness (QED) is 0.406. The van der Waals surface area contributed by atoms with Crippen molar-refractivity contribution in [3.63, 3.8) is 0 Å². The fraction of sp³-hybridized carbons (Fsp3) is 0.318. The maximum atomic E-state index is 14.0. The minimum atomic E-state index is -1.04. The lowest BCUT2D eigenvalue weighted by atomic mass is 9.84. The van der Waals surface area contributed by atoms with Gasteiger partial charge in [0.1, 0.15) is 23.9 Å². The van der Waals surface area contributed by atoms with Crippen molar-refractivity contribution in [2.75, 3.05) is 6.61 Å². The van der Waals surface area contributed by atoms with E-state index >= 15 is 0 Å². The number of Topliss-reactive ketones (excluding diaryl/α,β-unsaturated/α-hetero) is 1. The second-order valence-corrected chi connectivity index (χ2v) is 8.02. The van der Waals surface area contributed by atoms with Crippen molar-refractivity contribution in [1.29, 1.82) is 0 Å². The highest BCUT2D eigenvalue weighted by Gasteiger charge is 2.35. The summed E-state index contributed by atoms with van der Waals surface area (Å²) in [5.74, 6) is -1.19. The molecule has 0 bridgehead atoms. The van der Waals surface area contributed by atoms with Crippen LogP contribution in [0.3, 0.4) is 0 Å². The van der Waals surface area contributed by atoms with E-state index in [0.29, 0.717) is 17.0 Å². The average Bonchev–Trinajstić information content (AvgIpc) is 3.36. The van der Waals surface area contributed by atoms with Gasteiger partial charge in [-0.1, -0.05) is 6.07 Å². The molecule has 1 aromatic carbocycles.